The Morgan fingerprint density at radius 3 is 2.66 bits per heavy atom. The highest BCUT2D eigenvalue weighted by Crippen LogP contribution is 2.36. The van der Waals surface area contributed by atoms with Gasteiger partial charge in [-0.3, -0.25) is 9.48 Å². The molecule has 0 bridgehead atoms. The van der Waals surface area contributed by atoms with Crippen molar-refractivity contribution in [1.82, 2.24) is 19.7 Å². The molecule has 0 unspecified atom stereocenters. The summed E-state index contributed by atoms with van der Waals surface area (Å²) in [5.41, 5.74) is 4.73. The van der Waals surface area contributed by atoms with Gasteiger partial charge in [0.25, 0.3) is 5.91 Å². The Morgan fingerprint density at radius 2 is 1.93 bits per heavy atom. The van der Waals surface area contributed by atoms with Crippen molar-refractivity contribution in [3.05, 3.63) is 59.0 Å². The number of rotatable bonds is 10. The van der Waals surface area contributed by atoms with Crippen molar-refractivity contribution in [2.75, 3.05) is 38.7 Å². The number of hydrogen-bond donors (Lipinski definition) is 2. The predicted octanol–water partition coefficient (Wildman–Crippen LogP) is 4.74. The van der Waals surface area contributed by atoms with Crippen LogP contribution in [0.1, 0.15) is 55.0 Å². The molecular weight excluding hydrogens is 526 g/mol. The predicted molar refractivity (Wildman–Crippen MR) is 155 cm³/mol. The normalized spacial score (nSPS) is 13.7. The van der Waals surface area contributed by atoms with Gasteiger partial charge in [0.1, 0.15) is 5.60 Å². The number of esters is 1. The maximum Gasteiger partial charge on any atom is 0.410 e. The molecule has 2 amide bonds. The molecule has 1 aliphatic heterocycles. The summed E-state index contributed by atoms with van der Waals surface area (Å²) in [6.45, 7) is 11.0. The second-order valence-corrected chi connectivity index (χ2v) is 10.7. The maximum absolute atomic E-state index is 12.9. The average Bonchev–Trinajstić information content (AvgIpc) is 3.60. The Bertz CT molecular complexity index is 1460. The van der Waals surface area contributed by atoms with E-state index in [0.717, 1.165) is 22.5 Å². The smallest absolute Gasteiger partial charge is 0.410 e. The Balaban J connectivity index is 1.45. The molecule has 4 rings (SSSR count). The number of aromatic amines is 1. The molecule has 41 heavy (non-hydrogen) atoms. The molecule has 11 nitrogen and oxygen atoms in total. The molecule has 218 valence electrons. The molecule has 1 aliphatic rings. The molecule has 0 saturated carbocycles. The van der Waals surface area contributed by atoms with Crippen LogP contribution in [0, 0.1) is 6.92 Å². The van der Waals surface area contributed by atoms with Gasteiger partial charge in [-0.1, -0.05) is 6.07 Å². The summed E-state index contributed by atoms with van der Waals surface area (Å²) < 4.78 is 18.1. The number of carbonyl (C=O) groups is 3. The average molecular weight is 564 g/mol. The number of nitrogens with one attached hydrogen (secondary N) is 2. The van der Waals surface area contributed by atoms with Gasteiger partial charge in [0.15, 0.2) is 0 Å². The van der Waals surface area contributed by atoms with Crippen molar-refractivity contribution in [2.24, 2.45) is 0 Å². The fraction of sp³-hybridized carbons (Fsp3) is 0.400. The number of likely N-dealkylation sites (N-methyl/N-ethyl adjacent to an activating group) is 1. The number of H-pyrrole nitrogens is 1. The van der Waals surface area contributed by atoms with E-state index in [-0.39, 0.29) is 12.5 Å². The highest BCUT2D eigenvalue weighted by Gasteiger charge is 2.26. The van der Waals surface area contributed by atoms with E-state index in [4.69, 9.17) is 14.2 Å². The van der Waals surface area contributed by atoms with Crippen LogP contribution in [0.25, 0.3) is 22.9 Å². The van der Waals surface area contributed by atoms with Gasteiger partial charge in [-0.25, -0.2) is 9.59 Å². The van der Waals surface area contributed by atoms with Gasteiger partial charge in [-0.15, -0.1) is 0 Å². The molecule has 2 N–H and O–H groups in total. The van der Waals surface area contributed by atoms with E-state index in [1.165, 1.54) is 4.90 Å². The first kappa shape index (κ1) is 29.6. The lowest BCUT2D eigenvalue weighted by molar-refractivity contribution is -0.110. The first-order chi connectivity index (χ1) is 19.5. The number of ether oxygens (including phenoxy) is 3. The van der Waals surface area contributed by atoms with E-state index in [2.05, 4.69) is 15.4 Å². The molecule has 0 fully saturated rings. The third kappa shape index (κ3) is 7.23. The van der Waals surface area contributed by atoms with Gasteiger partial charge in [-0.2, -0.15) is 5.10 Å². The zero-order valence-electron chi connectivity index (χ0n) is 24.4. The van der Waals surface area contributed by atoms with E-state index in [1.807, 2.05) is 56.6 Å². The molecule has 3 aromatic rings. The maximum atomic E-state index is 12.9. The first-order valence-corrected chi connectivity index (χ1v) is 13.5. The van der Waals surface area contributed by atoms with Crippen LogP contribution in [0.4, 0.5) is 10.5 Å². The number of carbonyl (C=O) groups excluding carboxylic acids is 3. The van der Waals surface area contributed by atoms with Crippen LogP contribution in [0.15, 0.2) is 36.5 Å². The lowest BCUT2D eigenvalue weighted by atomic mass is 10.0. The number of fused-ring (bicyclic) bond motifs is 1. The summed E-state index contributed by atoms with van der Waals surface area (Å²) in [5.74, 6) is -0.698. The molecule has 0 radical (unpaired) electrons. The van der Waals surface area contributed by atoms with Crippen LogP contribution in [0.3, 0.4) is 0 Å². The van der Waals surface area contributed by atoms with Gasteiger partial charge in [0.05, 0.1) is 48.9 Å². The van der Waals surface area contributed by atoms with Crippen LogP contribution in [0.5, 0.6) is 0 Å². The van der Waals surface area contributed by atoms with E-state index in [1.54, 1.807) is 32.3 Å². The molecule has 2 aromatic heterocycles. The van der Waals surface area contributed by atoms with E-state index in [9.17, 15) is 14.4 Å². The minimum atomic E-state index is -0.549. The Kier molecular flexibility index (Phi) is 8.97. The third-order valence-corrected chi connectivity index (χ3v) is 6.31. The molecule has 0 spiro atoms. The van der Waals surface area contributed by atoms with Crippen molar-refractivity contribution in [1.29, 1.82) is 0 Å². The quantitative estimate of drug-likeness (QED) is 0.207. The molecule has 0 aliphatic carbocycles. The number of amides is 2. The van der Waals surface area contributed by atoms with Gasteiger partial charge < -0.3 is 29.4 Å². The van der Waals surface area contributed by atoms with Crippen molar-refractivity contribution in [3.63, 3.8) is 0 Å². The Labute approximate surface area is 239 Å². The molecule has 1 aromatic carbocycles. The minimum Gasteiger partial charge on any atom is -0.462 e. The fourth-order valence-corrected chi connectivity index (χ4v) is 4.38. The summed E-state index contributed by atoms with van der Waals surface area (Å²) in [6.07, 6.45) is 3.01. The van der Waals surface area contributed by atoms with Crippen molar-refractivity contribution < 1.29 is 28.6 Å². The summed E-state index contributed by atoms with van der Waals surface area (Å²) in [5, 5.41) is 7.34. The standard InChI is InChI=1S/C30H37N5O6/c1-7-40-28(37)23-16-19(2)32-25(23)18-22-21-17-20(8-9-24(21)33-27(22)36)26-10-11-31-35(26)13-15-39-14-12-34(6)29(38)41-30(3,4)5/h8-11,16-18,32H,7,12-15H2,1-6H3,(H,33,36)/b22-18-. The van der Waals surface area contributed by atoms with Crippen LogP contribution in [-0.4, -0.2) is 76.6 Å². The summed E-state index contributed by atoms with van der Waals surface area (Å²) in [6, 6.07) is 9.33. The second kappa shape index (κ2) is 12.4. The van der Waals surface area contributed by atoms with Gasteiger partial charge >= 0.3 is 12.1 Å². The van der Waals surface area contributed by atoms with Crippen molar-refractivity contribution in [2.45, 2.75) is 46.8 Å². The number of benzene rings is 1. The summed E-state index contributed by atoms with van der Waals surface area (Å²) in [7, 11) is 1.67. The number of aromatic nitrogens is 3. The molecule has 11 heteroatoms. The fourth-order valence-electron chi connectivity index (χ4n) is 4.38. The van der Waals surface area contributed by atoms with Gasteiger partial charge in [0, 0.05) is 42.3 Å². The number of nitrogens with zero attached hydrogens (tertiary/aromatic N) is 3. The summed E-state index contributed by atoms with van der Waals surface area (Å²) in [4.78, 5) is 42.1. The number of aryl methyl sites for hydroxylation is 1. The van der Waals surface area contributed by atoms with Crippen LogP contribution < -0.4 is 5.32 Å². The minimum absolute atomic E-state index is 0.252. The first-order valence-electron chi connectivity index (χ1n) is 13.5. The SMILES string of the molecule is CCOC(=O)c1cc(C)[nH]c1/C=C1\C(=O)Nc2ccc(-c3ccnn3CCOCCN(C)C(=O)OC(C)(C)C)cc21. The molecule has 0 saturated heterocycles. The van der Waals surface area contributed by atoms with Crippen LogP contribution in [-0.2, 0) is 25.5 Å². The third-order valence-electron chi connectivity index (χ3n) is 6.31. The Morgan fingerprint density at radius 1 is 1.15 bits per heavy atom. The molecular formula is C30H37N5O6. The van der Waals surface area contributed by atoms with Gasteiger partial charge in [0.2, 0.25) is 0 Å². The highest BCUT2D eigenvalue weighted by molar-refractivity contribution is 6.35. The largest absolute Gasteiger partial charge is 0.462 e. The van der Waals surface area contributed by atoms with E-state index >= 15 is 0 Å². The summed E-state index contributed by atoms with van der Waals surface area (Å²) >= 11 is 0. The monoisotopic (exact) mass is 563 g/mol. The molecule has 0 atom stereocenters. The number of anilines is 1. The van der Waals surface area contributed by atoms with Crippen molar-refractivity contribution >= 4 is 35.3 Å². The lowest BCUT2D eigenvalue weighted by Crippen LogP contribution is -2.36. The number of hydrogen-bond acceptors (Lipinski definition) is 7. The van der Waals surface area contributed by atoms with E-state index in [0.29, 0.717) is 48.8 Å². The highest BCUT2D eigenvalue weighted by atomic mass is 16.6. The van der Waals surface area contributed by atoms with Crippen LogP contribution >= 0.6 is 0 Å². The van der Waals surface area contributed by atoms with E-state index < -0.39 is 17.7 Å². The lowest BCUT2D eigenvalue weighted by Gasteiger charge is -2.24. The topological polar surface area (TPSA) is 128 Å². The van der Waals surface area contributed by atoms with Gasteiger partial charge in [-0.05, 0) is 65.0 Å². The zero-order valence-corrected chi connectivity index (χ0v) is 24.4. The molecule has 3 heterocycles. The zero-order chi connectivity index (χ0) is 29.7. The second-order valence-electron chi connectivity index (χ2n) is 10.7. The van der Waals surface area contributed by atoms with Crippen molar-refractivity contribution in [3.8, 4) is 11.3 Å². The van der Waals surface area contributed by atoms with Crippen LogP contribution in [0.2, 0.25) is 0 Å². The Hall–Kier alpha value is -4.38.